The van der Waals surface area contributed by atoms with Gasteiger partial charge in [0.05, 0.1) is 22.1 Å². The fourth-order valence-corrected chi connectivity index (χ4v) is 2.52. The number of nitrogens with zero attached hydrogens (tertiary/aromatic N) is 3. The van der Waals surface area contributed by atoms with Crippen LogP contribution in [0.2, 0.25) is 0 Å². The molecule has 1 aromatic rings. The number of rotatable bonds is 4. The van der Waals surface area contributed by atoms with Crippen LogP contribution in [0.1, 0.15) is 5.56 Å². The predicted molar refractivity (Wildman–Crippen MR) is 79.1 cm³/mol. The summed E-state index contributed by atoms with van der Waals surface area (Å²) >= 11 is 3.36. The number of likely N-dealkylation sites (N-methyl/N-ethyl adjacent to an activating group) is 1. The van der Waals surface area contributed by atoms with Crippen LogP contribution >= 0.6 is 15.9 Å². The number of anilines is 1. The molecule has 1 N–H and O–H groups in total. The first kappa shape index (κ1) is 15.1. The highest BCUT2D eigenvalue weighted by molar-refractivity contribution is 9.10. The van der Waals surface area contributed by atoms with Gasteiger partial charge in [-0.15, -0.1) is 0 Å². The average molecular weight is 345 g/mol. The van der Waals surface area contributed by atoms with Crippen molar-refractivity contribution in [1.29, 1.82) is 0 Å². The Morgan fingerprint density at radius 1 is 1.70 bits per heavy atom. The monoisotopic (exact) mass is 344 g/mol. The lowest BCUT2D eigenvalue weighted by molar-refractivity contribution is -0.385. The van der Waals surface area contributed by atoms with Crippen molar-refractivity contribution in [1.82, 2.24) is 9.88 Å². The molecule has 1 atom stereocenters. The lowest BCUT2D eigenvalue weighted by Crippen LogP contribution is -2.43. The van der Waals surface area contributed by atoms with Gasteiger partial charge >= 0.3 is 0 Å². The maximum atomic E-state index is 10.8. The van der Waals surface area contributed by atoms with Crippen LogP contribution in [0.25, 0.3) is 0 Å². The summed E-state index contributed by atoms with van der Waals surface area (Å²) in [6, 6.07) is 0. The van der Waals surface area contributed by atoms with Gasteiger partial charge in [0, 0.05) is 25.2 Å². The Morgan fingerprint density at radius 2 is 2.45 bits per heavy atom. The van der Waals surface area contributed by atoms with E-state index in [9.17, 15) is 10.1 Å². The lowest BCUT2D eigenvalue weighted by atomic mass is 10.2. The third kappa shape index (κ3) is 3.44. The third-order valence-electron chi connectivity index (χ3n) is 3.27. The molecule has 1 unspecified atom stereocenters. The van der Waals surface area contributed by atoms with Gasteiger partial charge in [-0.25, -0.2) is 4.98 Å². The van der Waals surface area contributed by atoms with E-state index < -0.39 is 4.92 Å². The second kappa shape index (κ2) is 6.47. The van der Waals surface area contributed by atoms with Crippen LogP contribution in [0.15, 0.2) is 10.7 Å². The lowest BCUT2D eigenvalue weighted by Gasteiger charge is -2.30. The summed E-state index contributed by atoms with van der Waals surface area (Å²) in [5.74, 6) is 0.602. The minimum atomic E-state index is -0.434. The molecule has 1 aliphatic heterocycles. The van der Waals surface area contributed by atoms with Crippen molar-refractivity contribution >= 4 is 27.4 Å². The second-order valence-corrected chi connectivity index (χ2v) is 5.62. The van der Waals surface area contributed by atoms with E-state index >= 15 is 0 Å². The minimum Gasteiger partial charge on any atom is -0.374 e. The summed E-state index contributed by atoms with van der Waals surface area (Å²) in [6.07, 6.45) is 1.37. The van der Waals surface area contributed by atoms with Crippen molar-refractivity contribution in [2.24, 2.45) is 0 Å². The van der Waals surface area contributed by atoms with E-state index in [0.717, 1.165) is 19.7 Å². The second-order valence-electron chi connectivity index (χ2n) is 4.82. The van der Waals surface area contributed by atoms with Crippen LogP contribution in [0.4, 0.5) is 11.5 Å². The molecule has 0 bridgehead atoms. The van der Waals surface area contributed by atoms with Gasteiger partial charge in [0.2, 0.25) is 0 Å². The van der Waals surface area contributed by atoms with Crippen LogP contribution < -0.4 is 5.32 Å². The molecule has 0 radical (unpaired) electrons. The molecule has 1 aromatic heterocycles. The molecule has 0 spiro atoms. The van der Waals surface area contributed by atoms with E-state index in [-0.39, 0.29) is 11.8 Å². The van der Waals surface area contributed by atoms with Crippen LogP contribution in [-0.2, 0) is 4.74 Å². The van der Waals surface area contributed by atoms with Crippen LogP contribution in [0.3, 0.4) is 0 Å². The SMILES string of the molecule is Cc1c([N+](=O)[O-])cnc(NCC2CN(C)CCO2)c1Br. The smallest absolute Gasteiger partial charge is 0.291 e. The van der Waals surface area contributed by atoms with Gasteiger partial charge in [0.25, 0.3) is 5.69 Å². The van der Waals surface area contributed by atoms with Crippen molar-refractivity contribution in [3.05, 3.63) is 26.3 Å². The Bertz CT molecular complexity index is 512. The molecule has 2 rings (SSSR count). The standard InChI is InChI=1S/C12H17BrN4O3/c1-8-10(17(18)19)6-15-12(11(8)13)14-5-9-7-16(2)3-4-20-9/h6,9H,3-5,7H2,1-2H3,(H,14,15). The molecule has 1 fully saturated rings. The number of hydrogen-bond acceptors (Lipinski definition) is 6. The number of hydrogen-bond donors (Lipinski definition) is 1. The topological polar surface area (TPSA) is 80.5 Å². The van der Waals surface area contributed by atoms with E-state index in [0.29, 0.717) is 22.4 Å². The number of morpholine rings is 1. The van der Waals surface area contributed by atoms with E-state index in [2.05, 4.69) is 38.2 Å². The molecule has 2 heterocycles. The molecule has 8 heteroatoms. The first-order valence-corrected chi connectivity index (χ1v) is 7.12. The summed E-state index contributed by atoms with van der Waals surface area (Å²) in [4.78, 5) is 16.7. The molecule has 0 aromatic carbocycles. The molecule has 20 heavy (non-hydrogen) atoms. The number of nitrogens with one attached hydrogen (secondary N) is 1. The normalized spacial score (nSPS) is 19.9. The van der Waals surface area contributed by atoms with Crippen LogP contribution in [0.5, 0.6) is 0 Å². The predicted octanol–water partition coefficient (Wildman–Crippen LogP) is 1.80. The van der Waals surface area contributed by atoms with Crippen molar-refractivity contribution in [3.63, 3.8) is 0 Å². The quantitative estimate of drug-likeness (QED) is 0.662. The zero-order chi connectivity index (χ0) is 14.7. The molecule has 1 aliphatic rings. The highest BCUT2D eigenvalue weighted by Gasteiger charge is 2.20. The molecule has 0 aliphatic carbocycles. The number of halogens is 1. The highest BCUT2D eigenvalue weighted by atomic mass is 79.9. The summed E-state index contributed by atoms with van der Waals surface area (Å²) in [6.45, 7) is 4.83. The van der Waals surface area contributed by atoms with Gasteiger partial charge in [0.15, 0.2) is 0 Å². The molecule has 0 amide bonds. The van der Waals surface area contributed by atoms with E-state index in [1.807, 2.05) is 0 Å². The average Bonchev–Trinajstić information content (AvgIpc) is 2.40. The van der Waals surface area contributed by atoms with E-state index in [1.54, 1.807) is 6.92 Å². The molecule has 7 nitrogen and oxygen atoms in total. The van der Waals surface area contributed by atoms with E-state index in [4.69, 9.17) is 4.74 Å². The Hall–Kier alpha value is -1.25. The third-order valence-corrected chi connectivity index (χ3v) is 4.24. The summed E-state index contributed by atoms with van der Waals surface area (Å²) in [5.41, 5.74) is 0.574. The number of pyridine rings is 1. The first-order chi connectivity index (χ1) is 9.49. The van der Waals surface area contributed by atoms with Crippen LogP contribution in [-0.4, -0.2) is 54.2 Å². The number of aromatic nitrogens is 1. The van der Waals surface area contributed by atoms with Gasteiger partial charge in [-0.1, -0.05) is 0 Å². The molecular formula is C12H17BrN4O3. The van der Waals surface area contributed by atoms with Gasteiger partial charge in [-0.3, -0.25) is 10.1 Å². The van der Waals surface area contributed by atoms with Crippen molar-refractivity contribution in [3.8, 4) is 0 Å². The first-order valence-electron chi connectivity index (χ1n) is 6.32. The van der Waals surface area contributed by atoms with Crippen molar-refractivity contribution in [2.45, 2.75) is 13.0 Å². The Labute approximate surface area is 125 Å². The van der Waals surface area contributed by atoms with Gasteiger partial charge in [-0.05, 0) is 29.9 Å². The summed E-state index contributed by atoms with van der Waals surface area (Å²) < 4.78 is 6.27. The minimum absolute atomic E-state index is 0.0103. The molecular weight excluding hydrogens is 328 g/mol. The van der Waals surface area contributed by atoms with E-state index in [1.165, 1.54) is 6.20 Å². The molecule has 0 saturated carbocycles. The van der Waals surface area contributed by atoms with Crippen LogP contribution in [0, 0.1) is 17.0 Å². The van der Waals surface area contributed by atoms with Gasteiger partial charge in [0.1, 0.15) is 12.0 Å². The Kier molecular flexibility index (Phi) is 4.90. The molecule has 1 saturated heterocycles. The summed E-state index contributed by atoms with van der Waals surface area (Å²) in [7, 11) is 2.06. The Balaban J connectivity index is 2.03. The van der Waals surface area contributed by atoms with Crippen molar-refractivity contribution in [2.75, 3.05) is 38.6 Å². The van der Waals surface area contributed by atoms with Gasteiger partial charge in [-0.2, -0.15) is 0 Å². The zero-order valence-corrected chi connectivity index (χ0v) is 13.0. The Morgan fingerprint density at radius 3 is 3.10 bits per heavy atom. The number of nitro groups is 1. The fourth-order valence-electron chi connectivity index (χ4n) is 2.08. The summed E-state index contributed by atoms with van der Waals surface area (Å²) in [5, 5.41) is 14.0. The van der Waals surface area contributed by atoms with Crippen molar-refractivity contribution < 1.29 is 9.66 Å². The number of ether oxygens (including phenoxy) is 1. The largest absolute Gasteiger partial charge is 0.374 e. The maximum absolute atomic E-state index is 10.8. The maximum Gasteiger partial charge on any atom is 0.291 e. The molecule has 110 valence electrons. The van der Waals surface area contributed by atoms with Gasteiger partial charge < -0.3 is 15.0 Å². The highest BCUT2D eigenvalue weighted by Crippen LogP contribution is 2.30. The fraction of sp³-hybridized carbons (Fsp3) is 0.583. The zero-order valence-electron chi connectivity index (χ0n) is 11.4.